The first-order valence-corrected chi connectivity index (χ1v) is 15.6. The minimum atomic E-state index is -3.77. The fourth-order valence-electron chi connectivity index (χ4n) is 6.21. The number of likely N-dealkylation sites (tertiary alicyclic amines) is 1. The smallest absolute Gasteiger partial charge is 0.261 e. The summed E-state index contributed by atoms with van der Waals surface area (Å²) in [6, 6.07) is 20.8. The molecule has 2 aliphatic heterocycles. The molecule has 2 fully saturated rings. The third kappa shape index (κ3) is 4.71. The maximum absolute atomic E-state index is 13.1. The Morgan fingerprint density at radius 2 is 1.65 bits per heavy atom. The second-order valence-corrected chi connectivity index (χ2v) is 12.5. The van der Waals surface area contributed by atoms with Crippen LogP contribution in [-0.2, 0) is 10.0 Å². The fourth-order valence-corrected chi connectivity index (χ4v) is 7.30. The summed E-state index contributed by atoms with van der Waals surface area (Å²) in [5, 5.41) is 8.22. The molecular weight excluding hydrogens is 522 g/mol. The van der Waals surface area contributed by atoms with Crippen molar-refractivity contribution in [3.63, 3.8) is 0 Å². The molecule has 5 aromatic rings. The fraction of sp³-hybridized carbons (Fsp3) is 0.333. The molecule has 0 aliphatic carbocycles. The largest absolute Gasteiger partial charge is 0.371 e. The quantitative estimate of drug-likeness (QED) is 0.260. The third-order valence-corrected chi connectivity index (χ3v) is 9.70. The molecular formula is C30H33N7O2S. The number of aromatic nitrogens is 4. The molecule has 0 spiro atoms. The van der Waals surface area contributed by atoms with Crippen molar-refractivity contribution < 1.29 is 8.42 Å². The van der Waals surface area contributed by atoms with Gasteiger partial charge in [0.2, 0.25) is 0 Å². The van der Waals surface area contributed by atoms with Gasteiger partial charge < -0.3 is 14.8 Å². The maximum atomic E-state index is 13.1. The van der Waals surface area contributed by atoms with Gasteiger partial charge in [-0.15, -0.1) is 0 Å². The van der Waals surface area contributed by atoms with Crippen molar-refractivity contribution in [1.29, 1.82) is 0 Å². The van der Waals surface area contributed by atoms with E-state index in [4.69, 9.17) is 4.98 Å². The molecule has 3 aromatic carbocycles. The molecule has 2 saturated heterocycles. The number of fused-ring (bicyclic) bond motifs is 2. The second-order valence-electron chi connectivity index (χ2n) is 10.8. The molecule has 0 atom stereocenters. The van der Waals surface area contributed by atoms with E-state index in [1.807, 2.05) is 6.07 Å². The van der Waals surface area contributed by atoms with E-state index in [0.717, 1.165) is 29.6 Å². The van der Waals surface area contributed by atoms with Gasteiger partial charge in [-0.25, -0.2) is 13.4 Å². The summed E-state index contributed by atoms with van der Waals surface area (Å²) in [4.78, 5) is 13.6. The van der Waals surface area contributed by atoms with Crippen molar-refractivity contribution in [2.75, 3.05) is 35.8 Å². The Morgan fingerprint density at radius 3 is 2.45 bits per heavy atom. The molecule has 0 saturated carbocycles. The predicted molar refractivity (Wildman–Crippen MR) is 159 cm³/mol. The van der Waals surface area contributed by atoms with Gasteiger partial charge in [-0.05, 0) is 81.2 Å². The third-order valence-electron chi connectivity index (χ3n) is 8.31. The van der Waals surface area contributed by atoms with Crippen molar-refractivity contribution in [3.8, 4) is 11.5 Å². The van der Waals surface area contributed by atoms with Crippen molar-refractivity contribution >= 4 is 43.3 Å². The Labute approximate surface area is 233 Å². The van der Waals surface area contributed by atoms with Crippen molar-refractivity contribution in [2.45, 2.75) is 43.0 Å². The van der Waals surface area contributed by atoms with E-state index in [9.17, 15) is 8.42 Å². The number of benzene rings is 3. The van der Waals surface area contributed by atoms with Crippen LogP contribution in [0.5, 0.6) is 0 Å². The Hall–Kier alpha value is -3.89. The Morgan fingerprint density at radius 1 is 0.850 bits per heavy atom. The average Bonchev–Trinajstić information content (AvgIpc) is 3.63. The SMILES string of the molecule is O=S(=O)(Nc1cccc2[nH]nc(-c3nc4ccc(N5CCC(N6CCCCC6)CC5)cc4[nH]3)c12)c1ccccc1. The van der Waals surface area contributed by atoms with Crippen LogP contribution in [0.15, 0.2) is 71.6 Å². The van der Waals surface area contributed by atoms with E-state index in [1.54, 1.807) is 42.5 Å². The highest BCUT2D eigenvalue weighted by molar-refractivity contribution is 7.92. The lowest BCUT2D eigenvalue weighted by molar-refractivity contribution is 0.141. The lowest BCUT2D eigenvalue weighted by Gasteiger charge is -2.41. The highest BCUT2D eigenvalue weighted by atomic mass is 32.2. The standard InChI is InChI=1S/C30H33N7O2S/c38-40(39,23-8-3-1-4-9-23)35-26-11-7-10-25-28(26)29(34-33-25)30-31-24-13-12-22(20-27(24)32-30)37-18-14-21(15-19-37)36-16-5-2-6-17-36/h1,3-4,7-13,20-21,35H,2,5-6,14-19H2,(H,31,32)(H,33,34). The average molecular weight is 556 g/mol. The topological polar surface area (TPSA) is 110 Å². The predicted octanol–water partition coefficient (Wildman–Crippen LogP) is 5.36. The second kappa shape index (κ2) is 10.3. The monoisotopic (exact) mass is 555 g/mol. The van der Waals surface area contributed by atoms with Crippen LogP contribution >= 0.6 is 0 Å². The van der Waals surface area contributed by atoms with Crippen LogP contribution in [0.2, 0.25) is 0 Å². The molecule has 0 radical (unpaired) electrons. The molecule has 2 aliphatic rings. The summed E-state index contributed by atoms with van der Waals surface area (Å²) in [6.45, 7) is 4.63. The summed E-state index contributed by atoms with van der Waals surface area (Å²) in [6.07, 6.45) is 6.45. The Balaban J connectivity index is 1.15. The summed E-state index contributed by atoms with van der Waals surface area (Å²) in [5.74, 6) is 0.591. The van der Waals surface area contributed by atoms with Gasteiger partial charge in [0, 0.05) is 24.8 Å². The van der Waals surface area contributed by atoms with Crippen LogP contribution in [0.1, 0.15) is 32.1 Å². The van der Waals surface area contributed by atoms with Crippen LogP contribution in [-0.4, -0.2) is 65.7 Å². The summed E-state index contributed by atoms with van der Waals surface area (Å²) in [7, 11) is -3.77. The van der Waals surface area contributed by atoms with Crippen LogP contribution in [0.3, 0.4) is 0 Å². The zero-order chi connectivity index (χ0) is 27.1. The molecule has 40 heavy (non-hydrogen) atoms. The summed E-state index contributed by atoms with van der Waals surface area (Å²) >= 11 is 0. The van der Waals surface area contributed by atoms with Crippen molar-refractivity contribution in [3.05, 3.63) is 66.7 Å². The Kier molecular flexibility index (Phi) is 6.44. The normalized spacial score (nSPS) is 17.6. The van der Waals surface area contributed by atoms with Crippen LogP contribution < -0.4 is 9.62 Å². The Bertz CT molecular complexity index is 1750. The molecule has 0 unspecified atom stereocenters. The van der Waals surface area contributed by atoms with Gasteiger partial charge in [0.15, 0.2) is 5.82 Å². The van der Waals surface area contributed by atoms with Crippen LogP contribution in [0, 0.1) is 0 Å². The zero-order valence-electron chi connectivity index (χ0n) is 22.3. The number of rotatable bonds is 6. The molecule has 0 bridgehead atoms. The number of piperidine rings is 2. The minimum absolute atomic E-state index is 0.202. The molecule has 2 aromatic heterocycles. The first-order chi connectivity index (χ1) is 19.5. The number of nitrogens with zero attached hydrogens (tertiary/aromatic N) is 4. The van der Waals surface area contributed by atoms with Crippen LogP contribution in [0.4, 0.5) is 11.4 Å². The van der Waals surface area contributed by atoms with E-state index in [1.165, 1.54) is 50.9 Å². The highest BCUT2D eigenvalue weighted by Gasteiger charge is 2.26. The number of sulfonamides is 1. The lowest BCUT2D eigenvalue weighted by atomic mass is 9.99. The number of anilines is 2. The first-order valence-electron chi connectivity index (χ1n) is 14.1. The lowest BCUT2D eigenvalue weighted by Crippen LogP contribution is -2.46. The molecule has 7 rings (SSSR count). The highest BCUT2D eigenvalue weighted by Crippen LogP contribution is 2.34. The zero-order valence-corrected chi connectivity index (χ0v) is 23.1. The van der Waals surface area contributed by atoms with E-state index >= 15 is 0 Å². The minimum Gasteiger partial charge on any atom is -0.371 e. The summed E-state index contributed by atoms with van der Waals surface area (Å²) < 4.78 is 28.9. The van der Waals surface area contributed by atoms with Gasteiger partial charge in [0.25, 0.3) is 10.0 Å². The van der Waals surface area contributed by atoms with Gasteiger partial charge in [-0.3, -0.25) is 9.82 Å². The number of hydrogen-bond donors (Lipinski definition) is 3. The molecule has 4 heterocycles. The van der Waals surface area contributed by atoms with Gasteiger partial charge in [-0.2, -0.15) is 5.10 Å². The van der Waals surface area contributed by atoms with Gasteiger partial charge >= 0.3 is 0 Å². The van der Waals surface area contributed by atoms with E-state index < -0.39 is 10.0 Å². The summed E-state index contributed by atoms with van der Waals surface area (Å²) in [5.41, 5.74) is 4.72. The molecule has 206 valence electrons. The van der Waals surface area contributed by atoms with E-state index in [-0.39, 0.29) is 4.90 Å². The number of aromatic amines is 2. The molecule has 10 heteroatoms. The van der Waals surface area contributed by atoms with Gasteiger partial charge in [0.05, 0.1) is 32.5 Å². The molecule has 3 N–H and O–H groups in total. The number of H-pyrrole nitrogens is 2. The van der Waals surface area contributed by atoms with Crippen molar-refractivity contribution in [2.24, 2.45) is 0 Å². The van der Waals surface area contributed by atoms with Gasteiger partial charge in [0.1, 0.15) is 5.69 Å². The van der Waals surface area contributed by atoms with E-state index in [0.29, 0.717) is 28.6 Å². The van der Waals surface area contributed by atoms with Crippen molar-refractivity contribution in [1.82, 2.24) is 25.1 Å². The van der Waals surface area contributed by atoms with E-state index in [2.05, 4.69) is 47.9 Å². The van der Waals surface area contributed by atoms with Crippen LogP contribution in [0.25, 0.3) is 33.5 Å². The maximum Gasteiger partial charge on any atom is 0.261 e. The number of imidazole rings is 1. The number of nitrogens with one attached hydrogen (secondary N) is 3. The number of hydrogen-bond acceptors (Lipinski definition) is 6. The van der Waals surface area contributed by atoms with Gasteiger partial charge in [-0.1, -0.05) is 30.7 Å². The molecule has 9 nitrogen and oxygen atoms in total. The first kappa shape index (κ1) is 25.1. The molecule has 0 amide bonds.